The molecule has 0 unspecified atom stereocenters. The molecule has 2 aromatic carbocycles. The zero-order chi connectivity index (χ0) is 20.5. The summed E-state index contributed by atoms with van der Waals surface area (Å²) in [6.45, 7) is 1.09. The summed E-state index contributed by atoms with van der Waals surface area (Å²) in [6, 6.07) is 9.46. The first kappa shape index (κ1) is 20.3. The largest absolute Gasteiger partial charge is 0.335 e. The molecule has 6 nitrogen and oxygen atoms in total. The van der Waals surface area contributed by atoms with Crippen molar-refractivity contribution in [2.75, 3.05) is 32.4 Å². The third kappa shape index (κ3) is 4.34. The van der Waals surface area contributed by atoms with Crippen LogP contribution in [0.15, 0.2) is 47.4 Å². The van der Waals surface area contributed by atoms with Crippen LogP contribution in [0.3, 0.4) is 0 Å². The Morgan fingerprint density at radius 3 is 2.14 bits per heavy atom. The Labute approximate surface area is 167 Å². The SMILES string of the molecule is CS(=O)(=O)c1ccc(Cl)c(C(=O)N2CCN(C(=O)c3cccc(F)c3)CC2)c1. The smallest absolute Gasteiger partial charge is 0.255 e. The van der Waals surface area contributed by atoms with Crippen LogP contribution in [-0.2, 0) is 9.84 Å². The van der Waals surface area contributed by atoms with Gasteiger partial charge in [0.2, 0.25) is 0 Å². The van der Waals surface area contributed by atoms with Gasteiger partial charge < -0.3 is 9.80 Å². The lowest BCUT2D eigenvalue weighted by atomic mass is 10.1. The molecule has 0 radical (unpaired) electrons. The summed E-state index contributed by atoms with van der Waals surface area (Å²) in [4.78, 5) is 28.3. The van der Waals surface area contributed by atoms with Gasteiger partial charge in [0.1, 0.15) is 5.82 Å². The molecule has 9 heteroatoms. The molecule has 1 saturated heterocycles. The number of hydrogen-bond acceptors (Lipinski definition) is 4. The van der Waals surface area contributed by atoms with E-state index in [1.807, 2.05) is 0 Å². The van der Waals surface area contributed by atoms with E-state index >= 15 is 0 Å². The highest BCUT2D eigenvalue weighted by atomic mass is 35.5. The van der Waals surface area contributed by atoms with E-state index in [4.69, 9.17) is 11.6 Å². The van der Waals surface area contributed by atoms with Crippen LogP contribution in [-0.4, -0.2) is 62.5 Å². The maximum absolute atomic E-state index is 13.3. The number of nitrogens with zero attached hydrogens (tertiary/aromatic N) is 2. The summed E-state index contributed by atoms with van der Waals surface area (Å²) in [6.07, 6.45) is 1.06. The summed E-state index contributed by atoms with van der Waals surface area (Å²) < 4.78 is 36.8. The Balaban J connectivity index is 1.71. The fourth-order valence-electron chi connectivity index (χ4n) is 2.99. The van der Waals surface area contributed by atoms with Crippen molar-refractivity contribution in [2.24, 2.45) is 0 Å². The summed E-state index contributed by atoms with van der Waals surface area (Å²) >= 11 is 6.09. The monoisotopic (exact) mass is 424 g/mol. The average molecular weight is 425 g/mol. The number of rotatable bonds is 3. The van der Waals surface area contributed by atoms with Gasteiger partial charge in [-0.25, -0.2) is 12.8 Å². The molecule has 3 rings (SSSR count). The molecule has 148 valence electrons. The van der Waals surface area contributed by atoms with Crippen molar-refractivity contribution in [2.45, 2.75) is 4.90 Å². The maximum Gasteiger partial charge on any atom is 0.255 e. The normalized spacial score (nSPS) is 14.8. The number of carbonyl (C=O) groups is 2. The molecule has 2 aromatic rings. The van der Waals surface area contributed by atoms with Gasteiger partial charge in [-0.05, 0) is 36.4 Å². The Morgan fingerprint density at radius 2 is 1.57 bits per heavy atom. The first-order valence-corrected chi connectivity index (χ1v) is 10.8. The van der Waals surface area contributed by atoms with E-state index in [1.165, 1.54) is 41.3 Å². The third-order valence-electron chi connectivity index (χ3n) is 4.52. The van der Waals surface area contributed by atoms with Crippen LogP contribution < -0.4 is 0 Å². The summed E-state index contributed by atoms with van der Waals surface area (Å²) in [5, 5.41) is 0.163. The van der Waals surface area contributed by atoms with Gasteiger partial charge in [-0.1, -0.05) is 17.7 Å². The number of piperazine rings is 1. The minimum atomic E-state index is -3.47. The molecule has 0 aliphatic carbocycles. The van der Waals surface area contributed by atoms with Crippen molar-refractivity contribution in [3.63, 3.8) is 0 Å². The van der Waals surface area contributed by atoms with Crippen LogP contribution in [0.4, 0.5) is 4.39 Å². The van der Waals surface area contributed by atoms with Gasteiger partial charge >= 0.3 is 0 Å². The quantitative estimate of drug-likeness (QED) is 0.758. The van der Waals surface area contributed by atoms with E-state index in [1.54, 1.807) is 11.0 Å². The highest BCUT2D eigenvalue weighted by Crippen LogP contribution is 2.23. The minimum absolute atomic E-state index is 0.0140. The lowest BCUT2D eigenvalue weighted by molar-refractivity contribution is 0.0535. The second-order valence-corrected chi connectivity index (χ2v) is 8.93. The molecule has 2 amide bonds. The minimum Gasteiger partial charge on any atom is -0.335 e. The summed E-state index contributed by atoms with van der Waals surface area (Å²) in [7, 11) is -3.47. The van der Waals surface area contributed by atoms with Crippen LogP contribution in [0, 0.1) is 5.82 Å². The standard InChI is InChI=1S/C19H18ClFN2O4S/c1-28(26,27)15-5-6-17(20)16(12-15)19(25)23-9-7-22(8-10-23)18(24)13-3-2-4-14(21)11-13/h2-6,11-12H,7-10H2,1H3. The molecular formula is C19H18ClFN2O4S. The Morgan fingerprint density at radius 1 is 0.964 bits per heavy atom. The van der Waals surface area contributed by atoms with E-state index in [0.29, 0.717) is 0 Å². The fourth-order valence-corrected chi connectivity index (χ4v) is 3.83. The number of benzene rings is 2. The van der Waals surface area contributed by atoms with E-state index in [9.17, 15) is 22.4 Å². The molecule has 0 N–H and O–H groups in total. The molecule has 28 heavy (non-hydrogen) atoms. The van der Waals surface area contributed by atoms with Gasteiger partial charge in [0, 0.05) is 38.0 Å². The van der Waals surface area contributed by atoms with Gasteiger partial charge in [-0.15, -0.1) is 0 Å². The van der Waals surface area contributed by atoms with Crippen LogP contribution in [0.25, 0.3) is 0 Å². The van der Waals surface area contributed by atoms with E-state index in [0.717, 1.165) is 6.26 Å². The van der Waals surface area contributed by atoms with Crippen LogP contribution in [0.1, 0.15) is 20.7 Å². The Hall–Kier alpha value is -2.45. The second kappa shape index (κ2) is 7.89. The number of carbonyl (C=O) groups excluding carboxylic acids is 2. The summed E-state index contributed by atoms with van der Waals surface area (Å²) in [5.74, 6) is -1.18. The third-order valence-corrected chi connectivity index (χ3v) is 5.96. The average Bonchev–Trinajstić information content (AvgIpc) is 2.66. The molecule has 1 aliphatic rings. The topological polar surface area (TPSA) is 74.8 Å². The van der Waals surface area contributed by atoms with Crippen molar-refractivity contribution in [3.05, 3.63) is 64.4 Å². The molecule has 0 saturated carbocycles. The van der Waals surface area contributed by atoms with Crippen molar-refractivity contribution < 1.29 is 22.4 Å². The zero-order valence-electron chi connectivity index (χ0n) is 15.1. The van der Waals surface area contributed by atoms with Gasteiger partial charge in [-0.2, -0.15) is 0 Å². The lowest BCUT2D eigenvalue weighted by Gasteiger charge is -2.35. The zero-order valence-corrected chi connectivity index (χ0v) is 16.6. The van der Waals surface area contributed by atoms with Crippen LogP contribution in [0.2, 0.25) is 5.02 Å². The van der Waals surface area contributed by atoms with Gasteiger partial charge in [0.05, 0.1) is 15.5 Å². The highest BCUT2D eigenvalue weighted by molar-refractivity contribution is 7.90. The highest BCUT2D eigenvalue weighted by Gasteiger charge is 2.27. The molecule has 0 atom stereocenters. The molecule has 0 spiro atoms. The first-order valence-electron chi connectivity index (χ1n) is 8.50. The second-order valence-electron chi connectivity index (χ2n) is 6.51. The van der Waals surface area contributed by atoms with E-state index < -0.39 is 21.6 Å². The van der Waals surface area contributed by atoms with Gasteiger partial charge in [0.15, 0.2) is 9.84 Å². The van der Waals surface area contributed by atoms with Crippen molar-refractivity contribution in [1.82, 2.24) is 9.80 Å². The molecule has 1 fully saturated rings. The predicted molar refractivity (Wildman–Crippen MR) is 103 cm³/mol. The lowest BCUT2D eigenvalue weighted by Crippen LogP contribution is -2.50. The Bertz CT molecular complexity index is 1030. The summed E-state index contributed by atoms with van der Waals surface area (Å²) in [5.41, 5.74) is 0.359. The maximum atomic E-state index is 13.3. The van der Waals surface area contributed by atoms with E-state index in [-0.39, 0.29) is 53.1 Å². The van der Waals surface area contributed by atoms with Gasteiger partial charge in [-0.3, -0.25) is 9.59 Å². The van der Waals surface area contributed by atoms with Gasteiger partial charge in [0.25, 0.3) is 11.8 Å². The number of halogens is 2. The predicted octanol–water partition coefficient (Wildman–Crippen LogP) is 2.48. The van der Waals surface area contributed by atoms with Crippen molar-refractivity contribution in [3.8, 4) is 0 Å². The number of amides is 2. The Kier molecular flexibility index (Phi) is 5.71. The van der Waals surface area contributed by atoms with Crippen LogP contribution in [0.5, 0.6) is 0 Å². The van der Waals surface area contributed by atoms with E-state index in [2.05, 4.69) is 0 Å². The molecular weight excluding hydrogens is 407 g/mol. The van der Waals surface area contributed by atoms with Crippen LogP contribution >= 0.6 is 11.6 Å². The number of sulfone groups is 1. The molecule has 1 aliphatic heterocycles. The first-order chi connectivity index (χ1) is 13.2. The van der Waals surface area contributed by atoms with Crippen molar-refractivity contribution >= 4 is 33.3 Å². The van der Waals surface area contributed by atoms with Crippen molar-refractivity contribution in [1.29, 1.82) is 0 Å². The molecule has 0 aromatic heterocycles. The number of hydrogen-bond donors (Lipinski definition) is 0. The fraction of sp³-hybridized carbons (Fsp3) is 0.263. The molecule has 1 heterocycles. The molecule has 0 bridgehead atoms.